The number of anilines is 1. The molecule has 1 heterocycles. The fourth-order valence-corrected chi connectivity index (χ4v) is 3.40. The predicted octanol–water partition coefficient (Wildman–Crippen LogP) is 2.16. The Labute approximate surface area is 164 Å². The van der Waals surface area contributed by atoms with Crippen LogP contribution in [0.1, 0.15) is 43.5 Å². The summed E-state index contributed by atoms with van der Waals surface area (Å²) in [6.45, 7) is 4.69. The molecule has 1 aliphatic carbocycles. The summed E-state index contributed by atoms with van der Waals surface area (Å²) in [6.07, 6.45) is 3.76. The number of ether oxygens (including phenoxy) is 1. The number of H-pyrrole nitrogens is 1. The Bertz CT molecular complexity index is 888. The van der Waals surface area contributed by atoms with Gasteiger partial charge in [0.05, 0.1) is 18.2 Å². The Hall–Kier alpha value is -2.83. The molecule has 7 heteroatoms. The Kier molecular flexibility index (Phi) is 6.02. The lowest BCUT2D eigenvalue weighted by molar-refractivity contribution is -0.125. The van der Waals surface area contributed by atoms with Crippen LogP contribution < -0.4 is 20.9 Å². The first-order valence-corrected chi connectivity index (χ1v) is 9.70. The highest BCUT2D eigenvalue weighted by atomic mass is 16.5. The van der Waals surface area contributed by atoms with Crippen LogP contribution in [0.5, 0.6) is 5.75 Å². The average Bonchev–Trinajstić information content (AvgIpc) is 2.71. The molecule has 0 saturated carbocycles. The summed E-state index contributed by atoms with van der Waals surface area (Å²) >= 11 is 0. The molecule has 0 atom stereocenters. The smallest absolute Gasteiger partial charge is 0.255 e. The lowest BCUT2D eigenvalue weighted by Gasteiger charge is -2.24. The van der Waals surface area contributed by atoms with Crippen molar-refractivity contribution >= 4 is 11.9 Å². The largest absolute Gasteiger partial charge is 0.497 e. The number of methoxy groups -OCH3 is 1. The van der Waals surface area contributed by atoms with E-state index in [0.717, 1.165) is 48.3 Å². The molecule has 0 fully saturated rings. The minimum absolute atomic E-state index is 0.0584. The van der Waals surface area contributed by atoms with Crippen molar-refractivity contribution < 1.29 is 9.53 Å². The van der Waals surface area contributed by atoms with Crippen molar-refractivity contribution in [3.05, 3.63) is 51.4 Å². The number of hydrogen-bond acceptors (Lipinski definition) is 5. The molecule has 1 aromatic carbocycles. The number of carbonyl (C=O) groups is 1. The zero-order valence-corrected chi connectivity index (χ0v) is 16.7. The van der Waals surface area contributed by atoms with Crippen molar-refractivity contribution in [3.8, 4) is 5.75 Å². The van der Waals surface area contributed by atoms with Gasteiger partial charge in [-0.05, 0) is 57.2 Å². The molecular formula is C21H28N4O3. The van der Waals surface area contributed by atoms with E-state index in [9.17, 15) is 9.59 Å². The first kappa shape index (κ1) is 19.9. The lowest BCUT2D eigenvalue weighted by atomic mass is 9.83. The van der Waals surface area contributed by atoms with Crippen molar-refractivity contribution in [2.45, 2.75) is 44.9 Å². The summed E-state index contributed by atoms with van der Waals surface area (Å²) < 4.78 is 5.17. The van der Waals surface area contributed by atoms with Gasteiger partial charge in [0.1, 0.15) is 5.75 Å². The highest BCUT2D eigenvalue weighted by Gasteiger charge is 2.29. The van der Waals surface area contributed by atoms with Crippen molar-refractivity contribution in [2.75, 3.05) is 25.5 Å². The third-order valence-corrected chi connectivity index (χ3v) is 5.27. The Morgan fingerprint density at radius 2 is 1.89 bits per heavy atom. The lowest BCUT2D eigenvalue weighted by Crippen LogP contribution is -2.42. The van der Waals surface area contributed by atoms with Crippen LogP contribution in [0.4, 0.5) is 5.95 Å². The molecule has 0 bridgehead atoms. The maximum Gasteiger partial charge on any atom is 0.255 e. The van der Waals surface area contributed by atoms with Crippen LogP contribution in [0.25, 0.3) is 0 Å². The Morgan fingerprint density at radius 3 is 2.61 bits per heavy atom. The molecule has 150 valence electrons. The van der Waals surface area contributed by atoms with Gasteiger partial charge in [-0.25, -0.2) is 4.98 Å². The second-order valence-corrected chi connectivity index (χ2v) is 7.58. The molecule has 28 heavy (non-hydrogen) atoms. The topological polar surface area (TPSA) is 96.1 Å². The molecule has 3 N–H and O–H groups in total. The van der Waals surface area contributed by atoms with E-state index in [-0.39, 0.29) is 11.5 Å². The van der Waals surface area contributed by atoms with Gasteiger partial charge in [-0.3, -0.25) is 14.6 Å². The zero-order valence-electron chi connectivity index (χ0n) is 16.7. The number of aromatic amines is 1. The minimum atomic E-state index is -0.662. The van der Waals surface area contributed by atoms with E-state index in [1.807, 2.05) is 38.1 Å². The van der Waals surface area contributed by atoms with Gasteiger partial charge >= 0.3 is 0 Å². The van der Waals surface area contributed by atoms with Crippen LogP contribution in [-0.4, -0.2) is 36.1 Å². The molecule has 0 radical (unpaired) electrons. The molecule has 0 unspecified atom stereocenters. The van der Waals surface area contributed by atoms with Crippen molar-refractivity contribution in [1.82, 2.24) is 15.3 Å². The SMILES string of the molecule is COc1ccc(C(C)(C)C(=O)NCCNc2nc3c(c(=O)[nH]2)CCCC3)cc1. The summed E-state index contributed by atoms with van der Waals surface area (Å²) in [4.78, 5) is 32.1. The fourth-order valence-electron chi connectivity index (χ4n) is 3.40. The second-order valence-electron chi connectivity index (χ2n) is 7.58. The monoisotopic (exact) mass is 384 g/mol. The Morgan fingerprint density at radius 1 is 1.18 bits per heavy atom. The van der Waals surface area contributed by atoms with E-state index in [4.69, 9.17) is 4.74 Å². The first-order chi connectivity index (χ1) is 13.4. The molecule has 0 saturated heterocycles. The van der Waals surface area contributed by atoms with E-state index in [1.54, 1.807) is 7.11 Å². The second kappa shape index (κ2) is 8.46. The number of aromatic nitrogens is 2. The third-order valence-electron chi connectivity index (χ3n) is 5.27. The third kappa shape index (κ3) is 4.35. The van der Waals surface area contributed by atoms with Crippen LogP contribution >= 0.6 is 0 Å². The fraction of sp³-hybridized carbons (Fsp3) is 0.476. The van der Waals surface area contributed by atoms with Gasteiger partial charge in [-0.15, -0.1) is 0 Å². The predicted molar refractivity (Wildman–Crippen MR) is 109 cm³/mol. The van der Waals surface area contributed by atoms with Crippen LogP contribution in [0.3, 0.4) is 0 Å². The van der Waals surface area contributed by atoms with Gasteiger partial charge in [0.2, 0.25) is 11.9 Å². The standard InChI is InChI=1S/C21H28N4O3/c1-21(2,14-8-10-15(28-3)11-9-14)19(27)22-12-13-23-20-24-17-7-5-4-6-16(17)18(26)25-20/h8-11H,4-7,12-13H2,1-3H3,(H,22,27)(H2,23,24,25,26). The number of carbonyl (C=O) groups excluding carboxylic acids is 1. The van der Waals surface area contributed by atoms with E-state index in [1.165, 1.54) is 0 Å². The summed E-state index contributed by atoms with van der Waals surface area (Å²) in [5.41, 5.74) is 1.90. The molecule has 0 aliphatic heterocycles. The highest BCUT2D eigenvalue weighted by Crippen LogP contribution is 2.25. The van der Waals surface area contributed by atoms with Gasteiger partial charge in [0.15, 0.2) is 0 Å². The van der Waals surface area contributed by atoms with E-state index in [2.05, 4.69) is 20.6 Å². The van der Waals surface area contributed by atoms with E-state index >= 15 is 0 Å². The number of hydrogen-bond donors (Lipinski definition) is 3. The average molecular weight is 384 g/mol. The number of aryl methyl sites for hydroxylation is 1. The summed E-state index contributed by atoms with van der Waals surface area (Å²) in [6, 6.07) is 7.50. The van der Waals surface area contributed by atoms with Crippen LogP contribution in [0.15, 0.2) is 29.1 Å². The number of rotatable bonds is 7. The summed E-state index contributed by atoms with van der Waals surface area (Å²) in [5, 5.41) is 6.04. The zero-order chi connectivity index (χ0) is 20.1. The van der Waals surface area contributed by atoms with Crippen LogP contribution in [0, 0.1) is 0 Å². The van der Waals surface area contributed by atoms with Gasteiger partial charge in [0.25, 0.3) is 5.56 Å². The van der Waals surface area contributed by atoms with Crippen molar-refractivity contribution in [2.24, 2.45) is 0 Å². The molecule has 1 aromatic heterocycles. The summed E-state index contributed by atoms with van der Waals surface area (Å²) in [7, 11) is 1.62. The normalized spacial score (nSPS) is 13.5. The maximum absolute atomic E-state index is 12.6. The van der Waals surface area contributed by atoms with E-state index < -0.39 is 5.41 Å². The number of benzene rings is 1. The van der Waals surface area contributed by atoms with Crippen molar-refractivity contribution in [3.63, 3.8) is 0 Å². The number of nitrogens with one attached hydrogen (secondary N) is 3. The van der Waals surface area contributed by atoms with Crippen LogP contribution in [-0.2, 0) is 23.1 Å². The highest BCUT2D eigenvalue weighted by molar-refractivity contribution is 5.87. The van der Waals surface area contributed by atoms with Gasteiger partial charge in [-0.2, -0.15) is 0 Å². The molecule has 3 rings (SSSR count). The van der Waals surface area contributed by atoms with E-state index in [0.29, 0.717) is 19.0 Å². The molecule has 1 amide bonds. The van der Waals surface area contributed by atoms with Gasteiger partial charge in [-0.1, -0.05) is 12.1 Å². The van der Waals surface area contributed by atoms with Gasteiger partial charge in [0, 0.05) is 18.7 Å². The molecule has 7 nitrogen and oxygen atoms in total. The quantitative estimate of drug-likeness (QED) is 0.636. The number of fused-ring (bicyclic) bond motifs is 1. The molecule has 1 aliphatic rings. The minimum Gasteiger partial charge on any atom is -0.497 e. The summed E-state index contributed by atoms with van der Waals surface area (Å²) in [5.74, 6) is 1.16. The first-order valence-electron chi connectivity index (χ1n) is 9.70. The molecule has 2 aromatic rings. The number of nitrogens with zero attached hydrogens (tertiary/aromatic N) is 1. The van der Waals surface area contributed by atoms with Crippen LogP contribution in [0.2, 0.25) is 0 Å². The van der Waals surface area contributed by atoms with Crippen molar-refractivity contribution in [1.29, 1.82) is 0 Å². The Balaban J connectivity index is 1.53. The molecule has 0 spiro atoms. The van der Waals surface area contributed by atoms with Gasteiger partial charge < -0.3 is 15.4 Å². The maximum atomic E-state index is 12.6. The number of amides is 1. The molecular weight excluding hydrogens is 356 g/mol.